The average molecular weight is 229 g/mol. The largest absolute Gasteiger partial charge is 0.352 e. The normalized spacial score (nSPS) is 27.5. The molecule has 1 N–H and O–H groups in total. The topological polar surface area (TPSA) is 29.1 Å². The van der Waals surface area contributed by atoms with Gasteiger partial charge in [0.1, 0.15) is 0 Å². The summed E-state index contributed by atoms with van der Waals surface area (Å²) in [7, 11) is 0. The molecule has 0 aromatic rings. The van der Waals surface area contributed by atoms with Gasteiger partial charge in [0.15, 0.2) is 0 Å². The Morgan fingerprint density at radius 3 is 2.40 bits per heavy atom. The highest BCUT2D eigenvalue weighted by Crippen LogP contribution is 2.28. The van der Waals surface area contributed by atoms with E-state index in [2.05, 4.69) is 11.6 Å². The summed E-state index contributed by atoms with van der Waals surface area (Å²) in [5.41, 5.74) is -0.263. The van der Waals surface area contributed by atoms with Crippen molar-refractivity contribution >= 4 is 17.7 Å². The molecule has 0 bridgehead atoms. The van der Waals surface area contributed by atoms with Crippen LogP contribution in [0.15, 0.2) is 0 Å². The molecule has 1 rings (SSSR count). The molecule has 2 unspecified atom stereocenters. The molecule has 1 aliphatic rings. The first-order valence-electron chi connectivity index (χ1n) is 5.79. The van der Waals surface area contributed by atoms with Crippen LogP contribution in [0.4, 0.5) is 0 Å². The van der Waals surface area contributed by atoms with Crippen molar-refractivity contribution in [3.8, 4) is 0 Å². The van der Waals surface area contributed by atoms with E-state index in [0.29, 0.717) is 11.3 Å². The zero-order chi connectivity index (χ0) is 11.5. The zero-order valence-electron chi connectivity index (χ0n) is 10.3. The average Bonchev–Trinajstić information content (AvgIpc) is 2.17. The second-order valence-electron chi connectivity index (χ2n) is 5.39. The van der Waals surface area contributed by atoms with Gasteiger partial charge in [0.2, 0.25) is 5.91 Å². The third kappa shape index (κ3) is 3.71. The van der Waals surface area contributed by atoms with Crippen LogP contribution in [-0.2, 0) is 4.79 Å². The van der Waals surface area contributed by atoms with Gasteiger partial charge >= 0.3 is 0 Å². The van der Waals surface area contributed by atoms with Crippen molar-refractivity contribution in [3.05, 3.63) is 0 Å². The number of hydrogen-bond donors (Lipinski definition) is 1. The summed E-state index contributed by atoms with van der Waals surface area (Å²) in [6.07, 6.45) is 7.11. The summed E-state index contributed by atoms with van der Waals surface area (Å²) in [4.78, 5) is 11.9. The quantitative estimate of drug-likeness (QED) is 0.789. The van der Waals surface area contributed by atoms with Gasteiger partial charge in [0, 0.05) is 16.7 Å². The maximum Gasteiger partial charge on any atom is 0.225 e. The lowest BCUT2D eigenvalue weighted by Gasteiger charge is -2.33. The summed E-state index contributed by atoms with van der Waals surface area (Å²) < 4.78 is 0. The van der Waals surface area contributed by atoms with Crippen LogP contribution in [0.25, 0.3) is 0 Å². The molecular formula is C12H23NOS. The summed E-state index contributed by atoms with van der Waals surface area (Å²) >= 11 is 1.89. The maximum atomic E-state index is 11.9. The van der Waals surface area contributed by atoms with Gasteiger partial charge in [-0.05, 0) is 19.1 Å². The Hall–Kier alpha value is -0.180. The summed E-state index contributed by atoms with van der Waals surface area (Å²) in [5, 5.41) is 3.82. The van der Waals surface area contributed by atoms with E-state index in [9.17, 15) is 4.79 Å². The van der Waals surface area contributed by atoms with Crippen molar-refractivity contribution in [2.75, 3.05) is 6.26 Å². The summed E-state index contributed by atoms with van der Waals surface area (Å²) in [6, 6.07) is 0.389. The Kier molecular flexibility index (Phi) is 4.50. The van der Waals surface area contributed by atoms with Gasteiger partial charge in [-0.2, -0.15) is 11.8 Å². The van der Waals surface area contributed by atoms with Crippen LogP contribution in [-0.4, -0.2) is 23.5 Å². The van der Waals surface area contributed by atoms with E-state index in [0.717, 1.165) is 6.42 Å². The molecule has 3 heteroatoms. The minimum Gasteiger partial charge on any atom is -0.352 e. The van der Waals surface area contributed by atoms with Crippen LogP contribution < -0.4 is 5.32 Å². The van der Waals surface area contributed by atoms with Crippen molar-refractivity contribution in [2.24, 2.45) is 5.41 Å². The molecule has 1 aliphatic carbocycles. The molecule has 2 atom stereocenters. The van der Waals surface area contributed by atoms with Gasteiger partial charge in [0.05, 0.1) is 0 Å². The summed E-state index contributed by atoms with van der Waals surface area (Å²) in [5.74, 6) is 0.188. The van der Waals surface area contributed by atoms with E-state index in [-0.39, 0.29) is 11.3 Å². The molecule has 0 radical (unpaired) electrons. The van der Waals surface area contributed by atoms with E-state index in [1.807, 2.05) is 32.5 Å². The van der Waals surface area contributed by atoms with Crippen LogP contribution >= 0.6 is 11.8 Å². The molecular weight excluding hydrogens is 206 g/mol. The SMILES string of the molecule is CSC1CCCCC1NC(=O)C(C)(C)C. The minimum absolute atomic E-state index is 0.188. The van der Waals surface area contributed by atoms with Gasteiger partial charge in [-0.25, -0.2) is 0 Å². The Bertz CT molecular complexity index is 222. The van der Waals surface area contributed by atoms with Crippen molar-refractivity contribution in [3.63, 3.8) is 0 Å². The Balaban J connectivity index is 2.52. The van der Waals surface area contributed by atoms with Gasteiger partial charge in [-0.1, -0.05) is 33.6 Å². The highest BCUT2D eigenvalue weighted by atomic mass is 32.2. The van der Waals surface area contributed by atoms with Crippen LogP contribution in [0.2, 0.25) is 0 Å². The van der Waals surface area contributed by atoms with Crippen LogP contribution in [0.5, 0.6) is 0 Å². The molecule has 1 fully saturated rings. The highest BCUT2D eigenvalue weighted by molar-refractivity contribution is 7.99. The van der Waals surface area contributed by atoms with E-state index >= 15 is 0 Å². The molecule has 15 heavy (non-hydrogen) atoms. The molecule has 0 aromatic heterocycles. The van der Waals surface area contributed by atoms with E-state index < -0.39 is 0 Å². The number of carbonyl (C=O) groups excluding carboxylic acids is 1. The fourth-order valence-electron chi connectivity index (χ4n) is 1.93. The molecule has 0 aliphatic heterocycles. The van der Waals surface area contributed by atoms with Crippen LogP contribution in [0.1, 0.15) is 46.5 Å². The second kappa shape index (κ2) is 5.24. The van der Waals surface area contributed by atoms with E-state index in [1.54, 1.807) is 0 Å². The first-order valence-corrected chi connectivity index (χ1v) is 7.07. The fraction of sp³-hybridized carbons (Fsp3) is 0.917. The molecule has 2 nitrogen and oxygen atoms in total. The standard InChI is InChI=1S/C12H23NOS/c1-12(2,3)11(14)13-9-7-5-6-8-10(9)15-4/h9-10H,5-8H2,1-4H3,(H,13,14). The maximum absolute atomic E-state index is 11.9. The summed E-state index contributed by atoms with van der Waals surface area (Å²) in [6.45, 7) is 5.91. The number of thioether (sulfide) groups is 1. The lowest BCUT2D eigenvalue weighted by atomic mass is 9.91. The third-order valence-electron chi connectivity index (χ3n) is 3.00. The number of carbonyl (C=O) groups is 1. The predicted molar refractivity (Wildman–Crippen MR) is 67.2 cm³/mol. The lowest BCUT2D eigenvalue weighted by molar-refractivity contribution is -0.129. The van der Waals surface area contributed by atoms with Crippen LogP contribution in [0.3, 0.4) is 0 Å². The van der Waals surface area contributed by atoms with Crippen LogP contribution in [0, 0.1) is 5.41 Å². The third-order valence-corrected chi connectivity index (χ3v) is 4.17. The van der Waals surface area contributed by atoms with Crippen molar-refractivity contribution < 1.29 is 4.79 Å². The molecule has 1 amide bonds. The molecule has 0 spiro atoms. The van der Waals surface area contributed by atoms with E-state index in [1.165, 1.54) is 19.3 Å². The number of nitrogens with one attached hydrogen (secondary N) is 1. The Morgan fingerprint density at radius 2 is 1.87 bits per heavy atom. The first kappa shape index (κ1) is 12.9. The van der Waals surface area contributed by atoms with Gasteiger partial charge in [-0.15, -0.1) is 0 Å². The monoisotopic (exact) mass is 229 g/mol. The predicted octanol–water partition coefficient (Wildman–Crippen LogP) is 2.82. The smallest absolute Gasteiger partial charge is 0.225 e. The van der Waals surface area contributed by atoms with Crippen molar-refractivity contribution in [1.29, 1.82) is 0 Å². The van der Waals surface area contributed by atoms with Crippen molar-refractivity contribution in [1.82, 2.24) is 5.32 Å². The van der Waals surface area contributed by atoms with Gasteiger partial charge < -0.3 is 5.32 Å². The lowest BCUT2D eigenvalue weighted by Crippen LogP contribution is -2.47. The van der Waals surface area contributed by atoms with E-state index in [4.69, 9.17) is 0 Å². The number of hydrogen-bond acceptors (Lipinski definition) is 2. The van der Waals surface area contributed by atoms with Crippen molar-refractivity contribution in [2.45, 2.75) is 57.7 Å². The molecule has 0 saturated heterocycles. The first-order chi connectivity index (χ1) is 6.95. The minimum atomic E-state index is -0.263. The Labute approximate surface area is 97.6 Å². The molecule has 0 aromatic carbocycles. The van der Waals surface area contributed by atoms with Gasteiger partial charge in [-0.3, -0.25) is 4.79 Å². The molecule has 88 valence electrons. The molecule has 1 saturated carbocycles. The second-order valence-corrected chi connectivity index (χ2v) is 6.47. The molecule has 0 heterocycles. The fourth-order valence-corrected chi connectivity index (χ4v) is 2.86. The van der Waals surface area contributed by atoms with Gasteiger partial charge in [0.25, 0.3) is 0 Å². The Morgan fingerprint density at radius 1 is 1.27 bits per heavy atom. The number of rotatable bonds is 2. The highest BCUT2D eigenvalue weighted by Gasteiger charge is 2.29. The number of amides is 1. The zero-order valence-corrected chi connectivity index (χ0v) is 11.1.